The Labute approximate surface area is 208 Å². The highest BCUT2D eigenvalue weighted by atomic mass is 19.1. The molecule has 6 rings (SSSR count). The number of fused-ring (bicyclic) bond motifs is 2. The summed E-state index contributed by atoms with van der Waals surface area (Å²) < 4.78 is 25.3. The fourth-order valence-electron chi connectivity index (χ4n) is 5.26. The van der Waals surface area contributed by atoms with Gasteiger partial charge < -0.3 is 19.4 Å². The van der Waals surface area contributed by atoms with Crippen LogP contribution in [0.1, 0.15) is 34.3 Å². The van der Waals surface area contributed by atoms with Gasteiger partial charge in [-0.25, -0.2) is 9.38 Å². The fourth-order valence-corrected chi connectivity index (χ4v) is 5.26. The molecule has 4 aromatic rings. The first-order valence-electron chi connectivity index (χ1n) is 12.2. The van der Waals surface area contributed by atoms with Gasteiger partial charge in [-0.2, -0.15) is 0 Å². The van der Waals surface area contributed by atoms with Crippen LogP contribution in [0.25, 0.3) is 11.0 Å². The number of aryl methyl sites for hydroxylation is 2. The van der Waals surface area contributed by atoms with Crippen LogP contribution in [-0.4, -0.2) is 26.1 Å². The van der Waals surface area contributed by atoms with Gasteiger partial charge in [-0.3, -0.25) is 4.79 Å². The second-order valence-corrected chi connectivity index (χ2v) is 9.19. The summed E-state index contributed by atoms with van der Waals surface area (Å²) in [5.74, 6) is -0.169. The standard InChI is InChI=1S/C29H26FN3O3/c1-35-25-9-3-2-8-24(25)32-29-23(28(34)31-21-12-10-20(30)11-13-21)17-19-16-18-6-4-14-33-15-5-7-22(26(18)33)27(19)36-29/h2-3,8-13,16-17H,4-7,14-15H2,1H3,(H,31,34). The first-order chi connectivity index (χ1) is 17.6. The number of nitrogens with zero attached hydrogens (tertiary/aromatic N) is 2. The number of nitrogens with one attached hydrogen (secondary N) is 1. The molecule has 1 aromatic heterocycles. The Kier molecular flexibility index (Phi) is 5.68. The van der Waals surface area contributed by atoms with Gasteiger partial charge in [0.15, 0.2) is 0 Å². The highest BCUT2D eigenvalue weighted by Gasteiger charge is 2.27. The number of ether oxygens (including phenoxy) is 1. The number of halogens is 1. The second-order valence-electron chi connectivity index (χ2n) is 9.19. The van der Waals surface area contributed by atoms with Crippen LogP contribution in [0.3, 0.4) is 0 Å². The Morgan fingerprint density at radius 1 is 1.06 bits per heavy atom. The van der Waals surface area contributed by atoms with E-state index in [1.807, 2.05) is 30.3 Å². The Hall–Kier alpha value is -4.13. The molecule has 3 aromatic carbocycles. The number of rotatable bonds is 4. The van der Waals surface area contributed by atoms with Crippen molar-refractivity contribution < 1.29 is 18.3 Å². The summed E-state index contributed by atoms with van der Waals surface area (Å²) in [7, 11) is 1.58. The molecular formula is C29H26FN3O3. The lowest BCUT2D eigenvalue weighted by Gasteiger charge is -2.37. The highest BCUT2D eigenvalue weighted by Crippen LogP contribution is 2.40. The Morgan fingerprint density at radius 3 is 2.64 bits per heavy atom. The molecule has 0 spiro atoms. The molecule has 2 aliphatic heterocycles. The smallest absolute Gasteiger partial charge is 0.261 e. The summed E-state index contributed by atoms with van der Waals surface area (Å²) in [5, 5.41) is 3.73. The first kappa shape index (κ1) is 22.3. The topological polar surface area (TPSA) is 67.1 Å². The van der Waals surface area contributed by atoms with Gasteiger partial charge in [0.25, 0.3) is 5.91 Å². The molecule has 7 heteroatoms. The van der Waals surface area contributed by atoms with Crippen LogP contribution < -0.4 is 20.5 Å². The fraction of sp³-hybridized carbons (Fsp3) is 0.241. The zero-order valence-corrected chi connectivity index (χ0v) is 20.0. The van der Waals surface area contributed by atoms with Crippen molar-refractivity contribution in [1.29, 1.82) is 0 Å². The minimum absolute atomic E-state index is 0.204. The average Bonchev–Trinajstić information content (AvgIpc) is 2.90. The number of anilines is 2. The number of para-hydroxylation sites is 2. The third-order valence-corrected chi connectivity index (χ3v) is 6.88. The van der Waals surface area contributed by atoms with Crippen molar-refractivity contribution in [3.8, 4) is 5.75 Å². The summed E-state index contributed by atoms with van der Waals surface area (Å²) in [6.45, 7) is 2.12. The molecule has 6 nitrogen and oxygen atoms in total. The van der Waals surface area contributed by atoms with Crippen molar-refractivity contribution in [2.24, 2.45) is 4.99 Å². The van der Waals surface area contributed by atoms with Gasteiger partial charge in [-0.1, -0.05) is 12.1 Å². The van der Waals surface area contributed by atoms with Gasteiger partial charge in [0.05, 0.1) is 7.11 Å². The lowest BCUT2D eigenvalue weighted by Crippen LogP contribution is -2.34. The minimum Gasteiger partial charge on any atom is -0.494 e. The van der Waals surface area contributed by atoms with E-state index in [4.69, 9.17) is 14.1 Å². The van der Waals surface area contributed by atoms with E-state index in [0.717, 1.165) is 49.7 Å². The SMILES string of the molecule is COc1ccccc1N=c1oc2c3c4c(cc2cc1C(=O)Nc1ccc(F)cc1)CCCN4CCC3. The van der Waals surface area contributed by atoms with Gasteiger partial charge in [-0.05, 0) is 79.8 Å². The molecule has 0 saturated heterocycles. The van der Waals surface area contributed by atoms with E-state index in [1.165, 1.54) is 41.1 Å². The quantitative estimate of drug-likeness (QED) is 0.401. The Morgan fingerprint density at radius 2 is 1.83 bits per heavy atom. The van der Waals surface area contributed by atoms with Crippen LogP contribution in [0.2, 0.25) is 0 Å². The van der Waals surface area contributed by atoms with Crippen molar-refractivity contribution in [2.45, 2.75) is 25.7 Å². The maximum Gasteiger partial charge on any atom is 0.261 e. The van der Waals surface area contributed by atoms with Gasteiger partial charge in [0.2, 0.25) is 5.55 Å². The van der Waals surface area contributed by atoms with Crippen LogP contribution in [0.4, 0.5) is 21.5 Å². The third kappa shape index (κ3) is 4.00. The minimum atomic E-state index is -0.381. The molecular weight excluding hydrogens is 457 g/mol. The molecule has 1 N–H and O–H groups in total. The van der Waals surface area contributed by atoms with E-state index < -0.39 is 0 Å². The van der Waals surface area contributed by atoms with Crippen LogP contribution in [0.15, 0.2) is 70.1 Å². The van der Waals surface area contributed by atoms with Crippen LogP contribution in [0.5, 0.6) is 5.75 Å². The maximum atomic E-state index is 13.5. The number of carbonyl (C=O) groups excluding carboxylic acids is 1. The monoisotopic (exact) mass is 483 g/mol. The van der Waals surface area contributed by atoms with Gasteiger partial charge >= 0.3 is 0 Å². The molecule has 182 valence electrons. The average molecular weight is 484 g/mol. The Balaban J connectivity index is 1.56. The van der Waals surface area contributed by atoms with Gasteiger partial charge in [0, 0.05) is 35.4 Å². The summed E-state index contributed by atoms with van der Waals surface area (Å²) in [6, 6.07) is 17.0. The lowest BCUT2D eigenvalue weighted by atomic mass is 9.90. The summed E-state index contributed by atoms with van der Waals surface area (Å²) in [4.78, 5) is 20.6. The molecule has 0 bridgehead atoms. The van der Waals surface area contributed by atoms with Gasteiger partial charge in [-0.15, -0.1) is 0 Å². The van der Waals surface area contributed by atoms with E-state index in [9.17, 15) is 9.18 Å². The number of benzene rings is 3. The van der Waals surface area contributed by atoms with E-state index in [1.54, 1.807) is 7.11 Å². The van der Waals surface area contributed by atoms with Crippen LogP contribution in [-0.2, 0) is 12.8 Å². The van der Waals surface area contributed by atoms with Crippen molar-refractivity contribution in [3.63, 3.8) is 0 Å². The molecule has 36 heavy (non-hydrogen) atoms. The molecule has 0 fully saturated rings. The summed E-state index contributed by atoms with van der Waals surface area (Å²) >= 11 is 0. The van der Waals surface area contributed by atoms with Crippen molar-refractivity contribution in [1.82, 2.24) is 0 Å². The molecule has 0 radical (unpaired) electrons. The zero-order valence-electron chi connectivity index (χ0n) is 20.0. The number of hydrogen-bond donors (Lipinski definition) is 1. The number of hydrogen-bond acceptors (Lipinski definition) is 5. The number of carbonyl (C=O) groups is 1. The molecule has 0 aliphatic carbocycles. The molecule has 0 saturated carbocycles. The number of amides is 1. The zero-order chi connectivity index (χ0) is 24.6. The molecule has 0 atom stereocenters. The van der Waals surface area contributed by atoms with E-state index in [2.05, 4.69) is 16.3 Å². The summed E-state index contributed by atoms with van der Waals surface area (Å²) in [6.07, 6.45) is 4.12. The predicted octanol–water partition coefficient (Wildman–Crippen LogP) is 5.76. The second kappa shape index (κ2) is 9.15. The predicted molar refractivity (Wildman–Crippen MR) is 138 cm³/mol. The van der Waals surface area contributed by atoms with Gasteiger partial charge in [0.1, 0.15) is 28.4 Å². The normalized spacial score (nSPS) is 15.1. The molecule has 2 aliphatic rings. The van der Waals surface area contributed by atoms with Crippen LogP contribution in [0, 0.1) is 5.82 Å². The van der Waals surface area contributed by atoms with Crippen LogP contribution >= 0.6 is 0 Å². The largest absolute Gasteiger partial charge is 0.494 e. The highest BCUT2D eigenvalue weighted by molar-refractivity contribution is 6.06. The summed E-state index contributed by atoms with van der Waals surface area (Å²) in [5.41, 5.74) is 6.10. The van der Waals surface area contributed by atoms with Crippen molar-refractivity contribution in [3.05, 3.63) is 88.7 Å². The third-order valence-electron chi connectivity index (χ3n) is 6.88. The van der Waals surface area contributed by atoms with Crippen molar-refractivity contribution >= 4 is 33.9 Å². The number of methoxy groups -OCH3 is 1. The lowest BCUT2D eigenvalue weighted by molar-refractivity contribution is 0.102. The first-order valence-corrected chi connectivity index (χ1v) is 12.2. The van der Waals surface area contributed by atoms with E-state index in [-0.39, 0.29) is 17.3 Å². The molecule has 3 heterocycles. The van der Waals surface area contributed by atoms with E-state index in [0.29, 0.717) is 22.7 Å². The van der Waals surface area contributed by atoms with Crippen molar-refractivity contribution in [2.75, 3.05) is 30.4 Å². The molecule has 1 amide bonds. The maximum absolute atomic E-state index is 13.5. The van der Waals surface area contributed by atoms with E-state index >= 15 is 0 Å². The Bertz CT molecular complexity index is 1540. The molecule has 0 unspecified atom stereocenters.